The summed E-state index contributed by atoms with van der Waals surface area (Å²) in [5.74, 6) is 1.49. The van der Waals surface area contributed by atoms with Gasteiger partial charge >= 0.3 is 12.2 Å². The third-order valence-corrected chi connectivity index (χ3v) is 7.69. The standard InChI is InChI=1S/C33H33ClF3N3O3/c34-29-13-10-24(20-28(29)33(35,36)37)21-38-32(41)39-30-14-15-31(27-7-3-2-6-26(27)30)43-22-23-8-11-25(12-9-23)42-19-18-40-16-4-1-5-17-40/h2-3,6-15,20H,1,4-5,16-19,21-22H2,(H2,38,39,41). The van der Waals surface area contributed by atoms with Crippen molar-refractivity contribution in [3.8, 4) is 11.5 Å². The molecule has 4 aromatic carbocycles. The van der Waals surface area contributed by atoms with Gasteiger partial charge in [-0.3, -0.25) is 4.90 Å². The van der Waals surface area contributed by atoms with Gasteiger partial charge in [0, 0.05) is 23.9 Å². The summed E-state index contributed by atoms with van der Waals surface area (Å²) in [5, 5.41) is 6.57. The van der Waals surface area contributed by atoms with Gasteiger partial charge in [0.15, 0.2) is 0 Å². The summed E-state index contributed by atoms with van der Waals surface area (Å²) in [6.45, 7) is 4.16. The maximum absolute atomic E-state index is 13.2. The lowest BCUT2D eigenvalue weighted by Crippen LogP contribution is -2.33. The number of rotatable bonds is 10. The van der Waals surface area contributed by atoms with Gasteiger partial charge in [-0.2, -0.15) is 13.2 Å². The molecule has 10 heteroatoms. The molecule has 43 heavy (non-hydrogen) atoms. The average Bonchev–Trinajstić information content (AvgIpc) is 3.01. The van der Waals surface area contributed by atoms with Gasteiger partial charge in [0.05, 0.1) is 16.3 Å². The van der Waals surface area contributed by atoms with Gasteiger partial charge in [0.1, 0.15) is 24.7 Å². The third-order valence-electron chi connectivity index (χ3n) is 7.36. The van der Waals surface area contributed by atoms with E-state index in [0.29, 0.717) is 24.7 Å². The van der Waals surface area contributed by atoms with Crippen molar-refractivity contribution in [3.63, 3.8) is 0 Å². The first-order valence-corrected chi connectivity index (χ1v) is 14.6. The minimum Gasteiger partial charge on any atom is -0.492 e. The minimum atomic E-state index is -4.58. The SMILES string of the molecule is O=C(NCc1ccc(Cl)c(C(F)(F)F)c1)Nc1ccc(OCc2ccc(OCCN3CCCCC3)cc2)c2ccccc12. The fraction of sp³-hybridized carbons (Fsp3) is 0.303. The first-order chi connectivity index (χ1) is 20.8. The van der Waals surface area contributed by atoms with Crippen LogP contribution in [0, 0.1) is 0 Å². The summed E-state index contributed by atoms with van der Waals surface area (Å²) in [4.78, 5) is 15.1. The molecule has 0 atom stereocenters. The molecule has 1 saturated heterocycles. The van der Waals surface area contributed by atoms with Crippen LogP contribution in [0.1, 0.15) is 36.0 Å². The smallest absolute Gasteiger partial charge is 0.417 e. The monoisotopic (exact) mass is 611 g/mol. The number of carbonyl (C=O) groups excluding carboxylic acids is 1. The number of alkyl halides is 3. The van der Waals surface area contributed by atoms with Crippen LogP contribution >= 0.6 is 11.6 Å². The lowest BCUT2D eigenvalue weighted by molar-refractivity contribution is -0.137. The van der Waals surface area contributed by atoms with Gasteiger partial charge in [-0.15, -0.1) is 0 Å². The van der Waals surface area contributed by atoms with Crippen molar-refractivity contribution in [2.75, 3.05) is 31.6 Å². The minimum absolute atomic E-state index is 0.104. The van der Waals surface area contributed by atoms with Gasteiger partial charge in [-0.05, 0) is 73.5 Å². The third kappa shape index (κ3) is 8.33. The Morgan fingerprint density at radius 1 is 0.860 bits per heavy atom. The maximum atomic E-state index is 13.2. The van der Waals surface area contributed by atoms with E-state index in [0.717, 1.165) is 47.8 Å². The highest BCUT2D eigenvalue weighted by Crippen LogP contribution is 2.35. The van der Waals surface area contributed by atoms with Crippen LogP contribution in [0.4, 0.5) is 23.7 Å². The molecule has 226 valence electrons. The Morgan fingerprint density at radius 2 is 1.58 bits per heavy atom. The Balaban J connectivity index is 1.16. The normalized spacial score (nSPS) is 14.0. The van der Waals surface area contributed by atoms with Gasteiger partial charge < -0.3 is 20.1 Å². The molecule has 0 unspecified atom stereocenters. The van der Waals surface area contributed by atoms with E-state index in [1.54, 1.807) is 12.1 Å². The van der Waals surface area contributed by atoms with Crippen molar-refractivity contribution in [1.82, 2.24) is 10.2 Å². The van der Waals surface area contributed by atoms with Crippen molar-refractivity contribution in [3.05, 3.63) is 101 Å². The van der Waals surface area contributed by atoms with Crippen LogP contribution in [-0.2, 0) is 19.3 Å². The van der Waals surface area contributed by atoms with Crippen LogP contribution in [-0.4, -0.2) is 37.2 Å². The van der Waals surface area contributed by atoms with Crippen LogP contribution in [0.25, 0.3) is 10.8 Å². The fourth-order valence-electron chi connectivity index (χ4n) is 5.07. The van der Waals surface area contributed by atoms with Crippen LogP contribution in [0.5, 0.6) is 11.5 Å². The second-order valence-corrected chi connectivity index (χ2v) is 10.9. The molecule has 0 aromatic heterocycles. The highest BCUT2D eigenvalue weighted by molar-refractivity contribution is 6.31. The predicted octanol–water partition coefficient (Wildman–Crippen LogP) is 8.28. The van der Waals surface area contributed by atoms with Crippen LogP contribution in [0.15, 0.2) is 78.9 Å². The summed E-state index contributed by atoms with van der Waals surface area (Å²) < 4.78 is 51.5. The largest absolute Gasteiger partial charge is 0.492 e. The number of fused-ring (bicyclic) bond motifs is 1. The van der Waals surface area contributed by atoms with Crippen molar-refractivity contribution in [1.29, 1.82) is 0 Å². The molecular formula is C33H33ClF3N3O3. The Bertz CT molecular complexity index is 1540. The molecule has 1 aliphatic rings. The molecule has 1 fully saturated rings. The molecule has 0 aliphatic carbocycles. The Labute approximate surface area is 253 Å². The second kappa shape index (κ2) is 14.0. The van der Waals surface area contributed by atoms with E-state index in [1.807, 2.05) is 48.5 Å². The molecule has 0 bridgehead atoms. The molecule has 2 amide bonds. The molecule has 4 aromatic rings. The number of piperidine rings is 1. The van der Waals surface area contributed by atoms with Gasteiger partial charge in [0.2, 0.25) is 0 Å². The van der Waals surface area contributed by atoms with Crippen LogP contribution in [0.3, 0.4) is 0 Å². The van der Waals surface area contributed by atoms with E-state index in [2.05, 4.69) is 15.5 Å². The maximum Gasteiger partial charge on any atom is 0.417 e. The number of hydrogen-bond acceptors (Lipinski definition) is 4. The van der Waals surface area contributed by atoms with Gasteiger partial charge in [-0.25, -0.2) is 4.79 Å². The highest BCUT2D eigenvalue weighted by atomic mass is 35.5. The number of anilines is 1. The summed E-state index contributed by atoms with van der Waals surface area (Å²) in [5.41, 5.74) is 0.865. The highest BCUT2D eigenvalue weighted by Gasteiger charge is 2.33. The zero-order chi connectivity index (χ0) is 30.2. The van der Waals surface area contributed by atoms with E-state index < -0.39 is 17.8 Å². The molecule has 2 N–H and O–H groups in total. The lowest BCUT2D eigenvalue weighted by atomic mass is 10.1. The summed E-state index contributed by atoms with van der Waals surface area (Å²) in [7, 11) is 0. The number of nitrogens with zero attached hydrogens (tertiary/aromatic N) is 1. The zero-order valence-corrected chi connectivity index (χ0v) is 24.3. The summed E-state index contributed by atoms with van der Waals surface area (Å²) >= 11 is 5.69. The molecule has 0 saturated carbocycles. The second-order valence-electron chi connectivity index (χ2n) is 10.5. The topological polar surface area (TPSA) is 62.8 Å². The van der Waals surface area contributed by atoms with Crippen LogP contribution in [0.2, 0.25) is 5.02 Å². The van der Waals surface area contributed by atoms with Crippen LogP contribution < -0.4 is 20.1 Å². The number of hydrogen-bond donors (Lipinski definition) is 2. The number of carbonyl (C=O) groups is 1. The van der Waals surface area contributed by atoms with Crippen molar-refractivity contribution in [2.24, 2.45) is 0 Å². The predicted molar refractivity (Wildman–Crippen MR) is 163 cm³/mol. The number of nitrogens with one attached hydrogen (secondary N) is 2. The molecule has 1 heterocycles. The number of benzene rings is 4. The molecule has 0 radical (unpaired) electrons. The summed E-state index contributed by atoms with van der Waals surface area (Å²) in [6.07, 6.45) is -0.731. The zero-order valence-electron chi connectivity index (χ0n) is 23.6. The van der Waals surface area contributed by atoms with Gasteiger partial charge in [-0.1, -0.05) is 60.5 Å². The molecule has 6 nitrogen and oxygen atoms in total. The number of halogens is 4. The average molecular weight is 612 g/mol. The van der Waals surface area contributed by atoms with Crippen molar-refractivity contribution < 1.29 is 27.4 Å². The van der Waals surface area contributed by atoms with E-state index in [9.17, 15) is 18.0 Å². The lowest BCUT2D eigenvalue weighted by Gasteiger charge is -2.26. The van der Waals surface area contributed by atoms with E-state index in [-0.39, 0.29) is 17.1 Å². The Hall–Kier alpha value is -3.95. The van der Waals surface area contributed by atoms with E-state index in [1.165, 1.54) is 31.4 Å². The first kappa shape index (κ1) is 30.5. The van der Waals surface area contributed by atoms with E-state index in [4.69, 9.17) is 21.1 Å². The molecule has 0 spiro atoms. The van der Waals surface area contributed by atoms with Gasteiger partial charge in [0.25, 0.3) is 0 Å². The van der Waals surface area contributed by atoms with E-state index >= 15 is 0 Å². The Morgan fingerprint density at radius 3 is 2.33 bits per heavy atom. The number of ether oxygens (including phenoxy) is 2. The molecule has 5 rings (SSSR count). The fourth-order valence-corrected chi connectivity index (χ4v) is 5.30. The first-order valence-electron chi connectivity index (χ1n) is 14.3. The molecular weight excluding hydrogens is 579 g/mol. The number of amides is 2. The summed E-state index contributed by atoms with van der Waals surface area (Å²) in [6, 6.07) is 21.9. The quantitative estimate of drug-likeness (QED) is 0.189. The number of urea groups is 1. The number of likely N-dealkylation sites (tertiary alicyclic amines) is 1. The molecule has 1 aliphatic heterocycles. The van der Waals surface area contributed by atoms with Crippen molar-refractivity contribution >= 4 is 34.1 Å². The Kier molecular flexibility index (Phi) is 9.94. The van der Waals surface area contributed by atoms with Crippen molar-refractivity contribution in [2.45, 2.75) is 38.6 Å².